The van der Waals surface area contributed by atoms with E-state index in [1.165, 1.54) is 0 Å². The summed E-state index contributed by atoms with van der Waals surface area (Å²) < 4.78 is 0. The van der Waals surface area contributed by atoms with Crippen LogP contribution in [0.1, 0.15) is 13.3 Å². The van der Waals surface area contributed by atoms with Crippen LogP contribution in [0.5, 0.6) is 0 Å². The molecule has 0 radical (unpaired) electrons. The molecule has 2 rings (SSSR count). The highest BCUT2D eigenvalue weighted by Crippen LogP contribution is 2.14. The minimum atomic E-state index is -0.738. The summed E-state index contributed by atoms with van der Waals surface area (Å²) in [7, 11) is 0. The lowest BCUT2D eigenvalue weighted by molar-refractivity contribution is 0.0470. The van der Waals surface area contributed by atoms with Crippen LogP contribution in [0.4, 0.5) is 5.82 Å². The third-order valence-corrected chi connectivity index (χ3v) is 3.75. The molecule has 1 aromatic rings. The second-order valence-electron chi connectivity index (χ2n) is 5.47. The molecule has 1 aliphatic rings. The van der Waals surface area contributed by atoms with Gasteiger partial charge in [-0.25, -0.2) is 4.98 Å². The van der Waals surface area contributed by atoms with Crippen molar-refractivity contribution in [3.63, 3.8) is 0 Å². The zero-order valence-electron chi connectivity index (χ0n) is 11.6. The molecule has 1 atom stereocenters. The minimum absolute atomic E-state index is 0.320. The number of pyridine rings is 1. The number of aromatic nitrogens is 1. The van der Waals surface area contributed by atoms with Gasteiger partial charge in [0, 0.05) is 45.5 Å². The van der Waals surface area contributed by atoms with Crippen molar-refractivity contribution in [3.8, 4) is 0 Å². The van der Waals surface area contributed by atoms with Gasteiger partial charge in [-0.2, -0.15) is 0 Å². The van der Waals surface area contributed by atoms with Crippen molar-refractivity contribution in [2.24, 2.45) is 5.73 Å². The van der Waals surface area contributed by atoms with Crippen LogP contribution in [0.15, 0.2) is 24.4 Å². The Morgan fingerprint density at radius 2 is 2.05 bits per heavy atom. The highest BCUT2D eigenvalue weighted by atomic mass is 16.3. The van der Waals surface area contributed by atoms with Crippen LogP contribution < -0.4 is 10.6 Å². The molecule has 1 aromatic heterocycles. The Hall–Kier alpha value is -1.17. The molecule has 0 saturated carbocycles. The molecule has 0 aromatic carbocycles. The second-order valence-corrected chi connectivity index (χ2v) is 5.47. The molecule has 5 heteroatoms. The van der Waals surface area contributed by atoms with Crippen molar-refractivity contribution in [3.05, 3.63) is 24.4 Å². The van der Waals surface area contributed by atoms with E-state index in [-0.39, 0.29) is 0 Å². The molecule has 0 aliphatic carbocycles. The van der Waals surface area contributed by atoms with E-state index in [4.69, 9.17) is 5.73 Å². The van der Waals surface area contributed by atoms with Gasteiger partial charge in [0.1, 0.15) is 5.82 Å². The Morgan fingerprint density at radius 1 is 1.32 bits per heavy atom. The lowest BCUT2D eigenvalue weighted by Crippen LogP contribution is -2.48. The first-order valence-corrected chi connectivity index (χ1v) is 6.91. The first-order valence-electron chi connectivity index (χ1n) is 6.91. The number of nitrogens with zero attached hydrogens (tertiary/aromatic N) is 3. The molecule has 1 saturated heterocycles. The van der Waals surface area contributed by atoms with Crippen LogP contribution in [0.3, 0.4) is 0 Å². The number of hydrogen-bond acceptors (Lipinski definition) is 5. The topological polar surface area (TPSA) is 65.6 Å². The van der Waals surface area contributed by atoms with Gasteiger partial charge in [0.15, 0.2) is 0 Å². The van der Waals surface area contributed by atoms with Gasteiger partial charge < -0.3 is 15.7 Å². The van der Waals surface area contributed by atoms with Gasteiger partial charge in [-0.05, 0) is 25.5 Å². The highest BCUT2D eigenvalue weighted by molar-refractivity contribution is 5.38. The SMILES string of the molecule is CC(O)(CN)CCN1CCN(c2ccccn2)CC1. The quantitative estimate of drug-likeness (QED) is 0.801. The molecule has 2 heterocycles. The van der Waals surface area contributed by atoms with Gasteiger partial charge in [0.05, 0.1) is 5.60 Å². The number of rotatable bonds is 5. The van der Waals surface area contributed by atoms with Crippen molar-refractivity contribution < 1.29 is 5.11 Å². The Labute approximate surface area is 115 Å². The maximum absolute atomic E-state index is 9.91. The van der Waals surface area contributed by atoms with E-state index in [0.29, 0.717) is 6.54 Å². The van der Waals surface area contributed by atoms with Crippen LogP contribution >= 0.6 is 0 Å². The van der Waals surface area contributed by atoms with Crippen molar-refractivity contribution in [2.75, 3.05) is 44.2 Å². The number of nitrogens with two attached hydrogens (primary N) is 1. The molecule has 5 nitrogen and oxygen atoms in total. The molecule has 1 aliphatic heterocycles. The molecule has 0 spiro atoms. The fraction of sp³-hybridized carbons (Fsp3) is 0.643. The molecule has 1 fully saturated rings. The van der Waals surface area contributed by atoms with Crippen molar-refractivity contribution in [1.82, 2.24) is 9.88 Å². The summed E-state index contributed by atoms with van der Waals surface area (Å²) in [6, 6.07) is 6.01. The van der Waals surface area contributed by atoms with Gasteiger partial charge >= 0.3 is 0 Å². The lowest BCUT2D eigenvalue weighted by atomic mass is 10.0. The van der Waals surface area contributed by atoms with Gasteiger partial charge in [-0.1, -0.05) is 6.07 Å². The zero-order chi connectivity index (χ0) is 13.7. The van der Waals surface area contributed by atoms with E-state index >= 15 is 0 Å². The first kappa shape index (κ1) is 14.2. The fourth-order valence-corrected chi connectivity index (χ4v) is 2.24. The summed E-state index contributed by atoms with van der Waals surface area (Å²) in [5.41, 5.74) is 4.80. The predicted octanol–water partition coefficient (Wildman–Crippen LogP) is 0.303. The summed E-state index contributed by atoms with van der Waals surface area (Å²) >= 11 is 0. The van der Waals surface area contributed by atoms with Crippen LogP contribution in [-0.4, -0.2) is 59.9 Å². The van der Waals surface area contributed by atoms with Crippen LogP contribution in [-0.2, 0) is 0 Å². The summed E-state index contributed by atoms with van der Waals surface area (Å²) in [6.45, 7) is 7.02. The normalized spacial score (nSPS) is 20.3. The smallest absolute Gasteiger partial charge is 0.128 e. The molecule has 0 bridgehead atoms. The van der Waals surface area contributed by atoms with E-state index in [1.54, 1.807) is 6.92 Å². The molecule has 0 amide bonds. The average molecular weight is 264 g/mol. The standard InChI is InChI=1S/C14H24N4O/c1-14(19,12-15)5-7-17-8-10-18(11-9-17)13-4-2-3-6-16-13/h2-4,6,19H,5,7-12,15H2,1H3. The number of piperazine rings is 1. The Bertz CT molecular complexity index is 374. The highest BCUT2D eigenvalue weighted by Gasteiger charge is 2.22. The van der Waals surface area contributed by atoms with E-state index in [1.807, 2.05) is 18.3 Å². The van der Waals surface area contributed by atoms with Gasteiger partial charge in [0.25, 0.3) is 0 Å². The van der Waals surface area contributed by atoms with Crippen LogP contribution in [0.25, 0.3) is 0 Å². The Balaban J connectivity index is 1.77. The van der Waals surface area contributed by atoms with E-state index in [0.717, 1.165) is 45.0 Å². The van der Waals surface area contributed by atoms with Crippen molar-refractivity contribution in [1.29, 1.82) is 0 Å². The van der Waals surface area contributed by atoms with Gasteiger partial charge in [-0.15, -0.1) is 0 Å². The van der Waals surface area contributed by atoms with E-state index in [9.17, 15) is 5.11 Å². The molecule has 19 heavy (non-hydrogen) atoms. The number of hydrogen-bond donors (Lipinski definition) is 2. The maximum atomic E-state index is 9.91. The number of anilines is 1. The van der Waals surface area contributed by atoms with Gasteiger partial charge in [-0.3, -0.25) is 4.90 Å². The molecule has 106 valence electrons. The number of aliphatic hydroxyl groups is 1. The largest absolute Gasteiger partial charge is 0.389 e. The van der Waals surface area contributed by atoms with Crippen LogP contribution in [0.2, 0.25) is 0 Å². The van der Waals surface area contributed by atoms with E-state index < -0.39 is 5.60 Å². The summed E-state index contributed by atoms with van der Waals surface area (Å²) in [6.07, 6.45) is 2.56. The third-order valence-electron chi connectivity index (χ3n) is 3.75. The first-order chi connectivity index (χ1) is 9.11. The monoisotopic (exact) mass is 264 g/mol. The second kappa shape index (κ2) is 6.32. The summed E-state index contributed by atoms with van der Waals surface area (Å²) in [4.78, 5) is 9.06. The summed E-state index contributed by atoms with van der Waals surface area (Å²) in [5, 5.41) is 9.91. The summed E-state index contributed by atoms with van der Waals surface area (Å²) in [5.74, 6) is 1.05. The fourth-order valence-electron chi connectivity index (χ4n) is 2.24. The van der Waals surface area contributed by atoms with Crippen molar-refractivity contribution in [2.45, 2.75) is 18.9 Å². The van der Waals surface area contributed by atoms with Crippen molar-refractivity contribution >= 4 is 5.82 Å². The average Bonchev–Trinajstić information content (AvgIpc) is 2.47. The molecular formula is C14H24N4O. The van der Waals surface area contributed by atoms with Crippen LogP contribution in [0, 0.1) is 0 Å². The zero-order valence-corrected chi connectivity index (χ0v) is 11.6. The minimum Gasteiger partial charge on any atom is -0.389 e. The Kier molecular flexibility index (Phi) is 4.74. The molecular weight excluding hydrogens is 240 g/mol. The lowest BCUT2D eigenvalue weighted by Gasteiger charge is -2.36. The van der Waals surface area contributed by atoms with Gasteiger partial charge in [0.2, 0.25) is 0 Å². The molecule has 3 N–H and O–H groups in total. The third kappa shape index (κ3) is 4.16. The maximum Gasteiger partial charge on any atom is 0.128 e. The molecule has 1 unspecified atom stereocenters. The Morgan fingerprint density at radius 3 is 2.63 bits per heavy atom. The van der Waals surface area contributed by atoms with E-state index in [2.05, 4.69) is 20.9 Å². The predicted molar refractivity (Wildman–Crippen MR) is 77.2 cm³/mol.